The Balaban J connectivity index is 2.52. The molecule has 1 rings (SSSR count). The molecule has 0 aliphatic rings. The van der Waals surface area contributed by atoms with Crippen LogP contribution in [0.25, 0.3) is 0 Å². The Bertz CT molecular complexity index is 537. The van der Waals surface area contributed by atoms with Gasteiger partial charge in [-0.05, 0) is 57.9 Å². The molecule has 0 aromatic heterocycles. The highest BCUT2D eigenvalue weighted by Gasteiger charge is 2.15. The number of aryl methyl sites for hydroxylation is 2. The standard InChI is InChI=1S/C16H23NO5/c1-10-8-12(14(18)19)9-11(2)13(10)21-7-6-17-15(20)22-16(3,4)5/h8-9H,6-7H2,1-5H3,(H,17,20)(H,18,19). The molecule has 0 spiro atoms. The summed E-state index contributed by atoms with van der Waals surface area (Å²) >= 11 is 0. The van der Waals surface area contributed by atoms with Crippen LogP contribution in [0.4, 0.5) is 4.79 Å². The summed E-state index contributed by atoms with van der Waals surface area (Å²) in [5.74, 6) is -0.333. The first-order valence-electron chi connectivity index (χ1n) is 7.04. The molecule has 0 radical (unpaired) electrons. The Morgan fingerprint density at radius 1 is 1.18 bits per heavy atom. The molecule has 1 amide bonds. The minimum Gasteiger partial charge on any atom is -0.491 e. The summed E-state index contributed by atoms with van der Waals surface area (Å²) < 4.78 is 10.7. The van der Waals surface area contributed by atoms with Gasteiger partial charge in [-0.1, -0.05) is 0 Å². The molecule has 0 bridgehead atoms. The molecule has 0 aliphatic heterocycles. The van der Waals surface area contributed by atoms with E-state index in [9.17, 15) is 9.59 Å². The molecule has 0 aliphatic carbocycles. The number of rotatable bonds is 5. The van der Waals surface area contributed by atoms with Crippen molar-refractivity contribution in [3.63, 3.8) is 0 Å². The summed E-state index contributed by atoms with van der Waals surface area (Å²) in [6.45, 7) is 9.52. The van der Waals surface area contributed by atoms with Crippen LogP contribution in [0.3, 0.4) is 0 Å². The molecule has 6 nitrogen and oxygen atoms in total. The Morgan fingerprint density at radius 2 is 1.73 bits per heavy atom. The Hall–Kier alpha value is -2.24. The number of carbonyl (C=O) groups excluding carboxylic acids is 1. The Kier molecular flexibility index (Phi) is 5.79. The fraction of sp³-hybridized carbons (Fsp3) is 0.500. The van der Waals surface area contributed by atoms with Gasteiger partial charge in [0.1, 0.15) is 18.0 Å². The van der Waals surface area contributed by atoms with Gasteiger partial charge in [-0.15, -0.1) is 0 Å². The van der Waals surface area contributed by atoms with Crippen molar-refractivity contribution >= 4 is 12.1 Å². The summed E-state index contributed by atoms with van der Waals surface area (Å²) in [7, 11) is 0. The number of hydrogen-bond donors (Lipinski definition) is 2. The average molecular weight is 309 g/mol. The van der Waals surface area contributed by atoms with Gasteiger partial charge in [0.2, 0.25) is 0 Å². The zero-order valence-electron chi connectivity index (χ0n) is 13.6. The molecule has 0 fully saturated rings. The number of carboxylic acids is 1. The van der Waals surface area contributed by atoms with E-state index in [2.05, 4.69) is 5.32 Å². The fourth-order valence-corrected chi connectivity index (χ4v) is 1.92. The van der Waals surface area contributed by atoms with Gasteiger partial charge in [0, 0.05) is 0 Å². The van der Waals surface area contributed by atoms with Gasteiger partial charge in [0.05, 0.1) is 12.1 Å². The van der Waals surface area contributed by atoms with Crippen molar-refractivity contribution in [1.82, 2.24) is 5.32 Å². The monoisotopic (exact) mass is 309 g/mol. The second kappa shape index (κ2) is 7.15. The topological polar surface area (TPSA) is 84.9 Å². The zero-order valence-corrected chi connectivity index (χ0v) is 13.6. The van der Waals surface area contributed by atoms with Crippen LogP contribution < -0.4 is 10.1 Å². The van der Waals surface area contributed by atoms with Gasteiger partial charge in [0.25, 0.3) is 0 Å². The lowest BCUT2D eigenvalue weighted by atomic mass is 10.1. The van der Waals surface area contributed by atoms with Crippen molar-refractivity contribution in [3.05, 3.63) is 28.8 Å². The van der Waals surface area contributed by atoms with E-state index < -0.39 is 17.7 Å². The summed E-state index contributed by atoms with van der Waals surface area (Å²) in [6.07, 6.45) is -0.495. The number of carboxylic acid groups (broad SMARTS) is 1. The highest BCUT2D eigenvalue weighted by molar-refractivity contribution is 5.88. The van der Waals surface area contributed by atoms with Crippen molar-refractivity contribution in [3.8, 4) is 5.75 Å². The molecule has 0 atom stereocenters. The highest BCUT2D eigenvalue weighted by Crippen LogP contribution is 2.24. The molecule has 122 valence electrons. The molecule has 0 saturated carbocycles. The lowest BCUT2D eigenvalue weighted by Crippen LogP contribution is -2.34. The molecule has 0 saturated heterocycles. The largest absolute Gasteiger partial charge is 0.491 e. The summed E-state index contributed by atoms with van der Waals surface area (Å²) in [6, 6.07) is 3.12. The van der Waals surface area contributed by atoms with Crippen LogP contribution in [-0.2, 0) is 4.74 Å². The molecular weight excluding hydrogens is 286 g/mol. The first-order valence-corrected chi connectivity index (χ1v) is 7.04. The van der Waals surface area contributed by atoms with Crippen molar-refractivity contribution in [2.45, 2.75) is 40.2 Å². The molecule has 22 heavy (non-hydrogen) atoms. The number of amides is 1. The number of benzene rings is 1. The lowest BCUT2D eigenvalue weighted by molar-refractivity contribution is 0.0519. The van der Waals surface area contributed by atoms with Crippen LogP contribution in [0.5, 0.6) is 5.75 Å². The number of alkyl carbamates (subject to hydrolysis) is 1. The van der Waals surface area contributed by atoms with Crippen LogP contribution in [-0.4, -0.2) is 35.9 Å². The van der Waals surface area contributed by atoms with Crippen molar-refractivity contribution in [2.24, 2.45) is 0 Å². The number of nitrogens with one attached hydrogen (secondary N) is 1. The normalized spacial score (nSPS) is 11.0. The van der Waals surface area contributed by atoms with E-state index in [4.69, 9.17) is 14.6 Å². The number of hydrogen-bond acceptors (Lipinski definition) is 4. The number of carbonyl (C=O) groups is 2. The third-order valence-corrected chi connectivity index (χ3v) is 2.72. The maximum absolute atomic E-state index is 11.5. The minimum atomic E-state index is -0.968. The second-order valence-corrected chi connectivity index (χ2v) is 6.02. The quantitative estimate of drug-likeness (QED) is 0.817. The molecular formula is C16H23NO5. The van der Waals surface area contributed by atoms with Crippen molar-refractivity contribution < 1.29 is 24.2 Å². The van der Waals surface area contributed by atoms with Crippen LogP contribution in [0.1, 0.15) is 42.3 Å². The predicted octanol–water partition coefficient (Wildman–Crippen LogP) is 2.91. The van der Waals surface area contributed by atoms with E-state index in [1.54, 1.807) is 46.8 Å². The van der Waals surface area contributed by atoms with E-state index in [0.717, 1.165) is 11.1 Å². The minimum absolute atomic E-state index is 0.231. The zero-order chi connectivity index (χ0) is 16.9. The molecule has 6 heteroatoms. The first kappa shape index (κ1) is 17.8. The van der Waals surface area contributed by atoms with Gasteiger partial charge >= 0.3 is 12.1 Å². The van der Waals surface area contributed by atoms with Crippen LogP contribution >= 0.6 is 0 Å². The van der Waals surface area contributed by atoms with Crippen molar-refractivity contribution in [1.29, 1.82) is 0 Å². The summed E-state index contributed by atoms with van der Waals surface area (Å²) in [5, 5.41) is 11.6. The fourth-order valence-electron chi connectivity index (χ4n) is 1.92. The van der Waals surface area contributed by atoms with E-state index in [1.165, 1.54) is 0 Å². The third kappa shape index (κ3) is 5.63. The highest BCUT2D eigenvalue weighted by atomic mass is 16.6. The van der Waals surface area contributed by atoms with Gasteiger partial charge in [0.15, 0.2) is 0 Å². The number of aromatic carboxylic acids is 1. The molecule has 2 N–H and O–H groups in total. The van der Waals surface area contributed by atoms with Gasteiger partial charge < -0.3 is 19.9 Å². The van der Waals surface area contributed by atoms with E-state index in [1.807, 2.05) is 0 Å². The van der Waals surface area contributed by atoms with E-state index in [-0.39, 0.29) is 12.2 Å². The first-order chi connectivity index (χ1) is 10.1. The smallest absolute Gasteiger partial charge is 0.407 e. The van der Waals surface area contributed by atoms with Crippen LogP contribution in [0.15, 0.2) is 12.1 Å². The van der Waals surface area contributed by atoms with E-state index in [0.29, 0.717) is 12.3 Å². The van der Waals surface area contributed by atoms with Crippen LogP contribution in [0, 0.1) is 13.8 Å². The second-order valence-electron chi connectivity index (χ2n) is 6.02. The summed E-state index contributed by atoms with van der Waals surface area (Å²) in [5.41, 5.74) is 1.18. The maximum atomic E-state index is 11.5. The predicted molar refractivity (Wildman–Crippen MR) is 82.6 cm³/mol. The van der Waals surface area contributed by atoms with Gasteiger partial charge in [-0.3, -0.25) is 0 Å². The average Bonchev–Trinajstić information content (AvgIpc) is 2.34. The Morgan fingerprint density at radius 3 is 2.18 bits per heavy atom. The van der Waals surface area contributed by atoms with Gasteiger partial charge in [-0.2, -0.15) is 0 Å². The van der Waals surface area contributed by atoms with Crippen LogP contribution in [0.2, 0.25) is 0 Å². The third-order valence-electron chi connectivity index (χ3n) is 2.72. The molecule has 1 aromatic rings. The molecule has 1 aromatic carbocycles. The lowest BCUT2D eigenvalue weighted by Gasteiger charge is -2.20. The van der Waals surface area contributed by atoms with Gasteiger partial charge in [-0.25, -0.2) is 9.59 Å². The number of ether oxygens (including phenoxy) is 2. The van der Waals surface area contributed by atoms with Crippen molar-refractivity contribution in [2.75, 3.05) is 13.2 Å². The maximum Gasteiger partial charge on any atom is 0.407 e. The summed E-state index contributed by atoms with van der Waals surface area (Å²) in [4.78, 5) is 22.4. The molecule has 0 heterocycles. The SMILES string of the molecule is Cc1cc(C(=O)O)cc(C)c1OCCNC(=O)OC(C)(C)C. The molecule has 0 unspecified atom stereocenters. The van der Waals surface area contributed by atoms with E-state index >= 15 is 0 Å². The Labute approximate surface area is 130 Å².